The van der Waals surface area contributed by atoms with Crippen molar-refractivity contribution in [3.05, 3.63) is 29.6 Å². The molecule has 3 heteroatoms. The second kappa shape index (κ2) is 5.05. The third-order valence-corrected chi connectivity index (χ3v) is 3.66. The van der Waals surface area contributed by atoms with Gasteiger partial charge in [-0.2, -0.15) is 0 Å². The molecule has 2 rings (SSSR count). The van der Waals surface area contributed by atoms with Crippen molar-refractivity contribution in [1.29, 1.82) is 0 Å². The van der Waals surface area contributed by atoms with Gasteiger partial charge in [-0.15, -0.1) is 0 Å². The van der Waals surface area contributed by atoms with Gasteiger partial charge >= 0.3 is 0 Å². The maximum absolute atomic E-state index is 13.1. The summed E-state index contributed by atoms with van der Waals surface area (Å²) in [5.41, 5.74) is 0.686. The number of likely N-dealkylation sites (tertiary alicyclic amines) is 1. The van der Waals surface area contributed by atoms with E-state index in [1.54, 1.807) is 0 Å². The molecular formula is C14H20FNO. The number of hydrogen-bond acceptors (Lipinski definition) is 2. The van der Waals surface area contributed by atoms with Crippen molar-refractivity contribution in [3.63, 3.8) is 0 Å². The molecule has 1 N–H and O–H groups in total. The lowest BCUT2D eigenvalue weighted by molar-refractivity contribution is 0.116. The zero-order valence-corrected chi connectivity index (χ0v) is 10.5. The number of piperidine rings is 1. The van der Waals surface area contributed by atoms with Crippen LogP contribution in [0.1, 0.15) is 32.3 Å². The number of phenolic OH excluding ortho intramolecular Hbond substituents is 1. The SMILES string of the molecule is CC1CCC(C)N(Cc2cc(F)ccc2O)C1. The lowest BCUT2D eigenvalue weighted by Gasteiger charge is -2.36. The number of benzene rings is 1. The Hall–Kier alpha value is -1.09. The van der Waals surface area contributed by atoms with Gasteiger partial charge in [0.1, 0.15) is 11.6 Å². The van der Waals surface area contributed by atoms with E-state index in [2.05, 4.69) is 18.7 Å². The molecule has 0 bridgehead atoms. The molecule has 2 atom stereocenters. The minimum Gasteiger partial charge on any atom is -0.508 e. The van der Waals surface area contributed by atoms with Gasteiger partial charge in [0, 0.05) is 24.7 Å². The van der Waals surface area contributed by atoms with Crippen molar-refractivity contribution in [3.8, 4) is 5.75 Å². The van der Waals surface area contributed by atoms with Crippen LogP contribution in [-0.2, 0) is 6.54 Å². The van der Waals surface area contributed by atoms with Gasteiger partial charge in [-0.25, -0.2) is 4.39 Å². The van der Waals surface area contributed by atoms with Crippen LogP contribution in [0.2, 0.25) is 0 Å². The number of rotatable bonds is 2. The van der Waals surface area contributed by atoms with Crippen molar-refractivity contribution in [2.75, 3.05) is 6.54 Å². The molecule has 2 unspecified atom stereocenters. The van der Waals surface area contributed by atoms with E-state index >= 15 is 0 Å². The maximum Gasteiger partial charge on any atom is 0.123 e. The molecule has 0 radical (unpaired) electrons. The summed E-state index contributed by atoms with van der Waals surface area (Å²) in [6.07, 6.45) is 2.43. The molecule has 1 saturated heterocycles. The molecule has 0 amide bonds. The Morgan fingerprint density at radius 2 is 2.12 bits per heavy atom. The van der Waals surface area contributed by atoms with E-state index in [9.17, 15) is 9.50 Å². The van der Waals surface area contributed by atoms with Crippen LogP contribution in [0.4, 0.5) is 4.39 Å². The van der Waals surface area contributed by atoms with E-state index < -0.39 is 0 Å². The highest BCUT2D eigenvalue weighted by molar-refractivity contribution is 5.32. The predicted molar refractivity (Wildman–Crippen MR) is 66.3 cm³/mol. The third kappa shape index (κ3) is 2.97. The Morgan fingerprint density at radius 1 is 1.35 bits per heavy atom. The minimum absolute atomic E-state index is 0.192. The van der Waals surface area contributed by atoms with Crippen LogP contribution >= 0.6 is 0 Å². The van der Waals surface area contributed by atoms with Gasteiger partial charge < -0.3 is 5.11 Å². The van der Waals surface area contributed by atoms with Crippen LogP contribution in [0.3, 0.4) is 0 Å². The van der Waals surface area contributed by atoms with Gasteiger partial charge in [-0.3, -0.25) is 4.90 Å². The first-order valence-electron chi connectivity index (χ1n) is 6.27. The Labute approximate surface area is 102 Å². The van der Waals surface area contributed by atoms with Crippen LogP contribution in [0.25, 0.3) is 0 Å². The molecule has 1 aliphatic rings. The second-order valence-electron chi connectivity index (χ2n) is 5.23. The molecule has 0 saturated carbocycles. The Bertz CT molecular complexity index is 394. The van der Waals surface area contributed by atoms with E-state index in [-0.39, 0.29) is 11.6 Å². The summed E-state index contributed by atoms with van der Waals surface area (Å²) in [6.45, 7) is 6.10. The van der Waals surface area contributed by atoms with Crippen molar-refractivity contribution in [2.24, 2.45) is 5.92 Å². The summed E-state index contributed by atoms with van der Waals surface area (Å²) < 4.78 is 13.1. The number of aromatic hydroxyl groups is 1. The van der Waals surface area contributed by atoms with Gasteiger partial charge in [0.05, 0.1) is 0 Å². The first-order chi connectivity index (χ1) is 8.06. The van der Waals surface area contributed by atoms with E-state index in [1.165, 1.54) is 31.0 Å². The van der Waals surface area contributed by atoms with Crippen molar-refractivity contribution in [1.82, 2.24) is 4.90 Å². The molecule has 0 spiro atoms. The Morgan fingerprint density at radius 3 is 2.88 bits per heavy atom. The standard InChI is InChI=1S/C14H20FNO/c1-10-3-4-11(2)16(8-10)9-12-7-13(15)5-6-14(12)17/h5-7,10-11,17H,3-4,8-9H2,1-2H3. The maximum atomic E-state index is 13.1. The van der Waals surface area contributed by atoms with E-state index in [0.717, 1.165) is 6.54 Å². The van der Waals surface area contributed by atoms with E-state index in [4.69, 9.17) is 0 Å². The molecule has 1 aliphatic heterocycles. The van der Waals surface area contributed by atoms with Gasteiger partial charge in [-0.05, 0) is 43.9 Å². The molecule has 0 aromatic heterocycles. The summed E-state index contributed by atoms with van der Waals surface area (Å²) in [5, 5.41) is 9.72. The Kier molecular flexibility index (Phi) is 3.67. The molecule has 1 aromatic rings. The van der Waals surface area contributed by atoms with Gasteiger partial charge in [-0.1, -0.05) is 6.92 Å². The highest BCUT2D eigenvalue weighted by Crippen LogP contribution is 2.26. The first-order valence-corrected chi connectivity index (χ1v) is 6.27. The Balaban J connectivity index is 2.11. The lowest BCUT2D eigenvalue weighted by Crippen LogP contribution is -2.40. The summed E-state index contributed by atoms with van der Waals surface area (Å²) in [6, 6.07) is 4.67. The molecule has 17 heavy (non-hydrogen) atoms. The fraction of sp³-hybridized carbons (Fsp3) is 0.571. The largest absolute Gasteiger partial charge is 0.508 e. The van der Waals surface area contributed by atoms with Gasteiger partial charge in [0.2, 0.25) is 0 Å². The molecule has 2 nitrogen and oxygen atoms in total. The molecule has 1 heterocycles. The zero-order chi connectivity index (χ0) is 12.4. The molecular weight excluding hydrogens is 217 g/mol. The van der Waals surface area contributed by atoms with Crippen molar-refractivity contribution in [2.45, 2.75) is 39.3 Å². The van der Waals surface area contributed by atoms with Crippen LogP contribution < -0.4 is 0 Å². The average Bonchev–Trinajstić information content (AvgIpc) is 2.28. The van der Waals surface area contributed by atoms with Crippen LogP contribution in [0.5, 0.6) is 5.75 Å². The van der Waals surface area contributed by atoms with Crippen molar-refractivity contribution >= 4 is 0 Å². The molecule has 1 fully saturated rings. The first kappa shape index (κ1) is 12.4. The summed E-state index contributed by atoms with van der Waals surface area (Å²) in [4.78, 5) is 2.32. The number of nitrogens with zero attached hydrogens (tertiary/aromatic N) is 1. The minimum atomic E-state index is -0.282. The summed E-state index contributed by atoms with van der Waals surface area (Å²) in [5.74, 6) is 0.592. The summed E-state index contributed by atoms with van der Waals surface area (Å²) >= 11 is 0. The third-order valence-electron chi connectivity index (χ3n) is 3.66. The smallest absolute Gasteiger partial charge is 0.123 e. The van der Waals surface area contributed by atoms with E-state index in [0.29, 0.717) is 24.1 Å². The molecule has 1 aromatic carbocycles. The molecule has 0 aliphatic carbocycles. The van der Waals surface area contributed by atoms with Crippen molar-refractivity contribution < 1.29 is 9.50 Å². The van der Waals surface area contributed by atoms with Gasteiger partial charge in [0.25, 0.3) is 0 Å². The molecule has 94 valence electrons. The van der Waals surface area contributed by atoms with Crippen LogP contribution in [-0.4, -0.2) is 22.6 Å². The monoisotopic (exact) mass is 237 g/mol. The summed E-state index contributed by atoms with van der Waals surface area (Å²) in [7, 11) is 0. The zero-order valence-electron chi connectivity index (χ0n) is 10.5. The topological polar surface area (TPSA) is 23.5 Å². The van der Waals surface area contributed by atoms with Crippen LogP contribution in [0, 0.1) is 11.7 Å². The fourth-order valence-corrected chi connectivity index (χ4v) is 2.50. The second-order valence-corrected chi connectivity index (χ2v) is 5.23. The van der Waals surface area contributed by atoms with Gasteiger partial charge in [0.15, 0.2) is 0 Å². The number of hydrogen-bond donors (Lipinski definition) is 1. The lowest BCUT2D eigenvalue weighted by atomic mass is 9.94. The number of halogens is 1. The fourth-order valence-electron chi connectivity index (χ4n) is 2.50. The number of phenols is 1. The quantitative estimate of drug-likeness (QED) is 0.854. The normalized spacial score (nSPS) is 26.1. The highest BCUT2D eigenvalue weighted by atomic mass is 19.1. The van der Waals surface area contributed by atoms with Crippen LogP contribution in [0.15, 0.2) is 18.2 Å². The highest BCUT2D eigenvalue weighted by Gasteiger charge is 2.23. The van der Waals surface area contributed by atoms with E-state index in [1.807, 2.05) is 0 Å². The predicted octanol–water partition coefficient (Wildman–Crippen LogP) is 3.15. The average molecular weight is 237 g/mol.